The zero-order chi connectivity index (χ0) is 31.7. The van der Waals surface area contributed by atoms with Gasteiger partial charge in [-0.3, -0.25) is 14.4 Å². The highest BCUT2D eigenvalue weighted by molar-refractivity contribution is 6.01. The smallest absolute Gasteiger partial charge is 0.408 e. The van der Waals surface area contributed by atoms with Gasteiger partial charge in [0.2, 0.25) is 11.8 Å². The Kier molecular flexibility index (Phi) is 11.3. The molecule has 230 valence electrons. The molecule has 0 fully saturated rings. The van der Waals surface area contributed by atoms with Gasteiger partial charge in [0.15, 0.2) is 0 Å². The topological polar surface area (TPSA) is 131 Å². The molecule has 3 rings (SSSR count). The summed E-state index contributed by atoms with van der Waals surface area (Å²) >= 11 is 0. The van der Waals surface area contributed by atoms with Crippen molar-refractivity contribution in [1.82, 2.24) is 10.2 Å². The van der Waals surface area contributed by atoms with E-state index >= 15 is 0 Å². The van der Waals surface area contributed by atoms with Crippen LogP contribution in [0.3, 0.4) is 0 Å². The molecule has 0 saturated carbocycles. The lowest BCUT2D eigenvalue weighted by Gasteiger charge is -2.35. The van der Waals surface area contributed by atoms with Crippen LogP contribution in [0.5, 0.6) is 0 Å². The van der Waals surface area contributed by atoms with Crippen LogP contribution in [-0.4, -0.2) is 46.9 Å². The monoisotopic (exact) mass is 588 g/mol. The molecule has 4 amide bonds. The average molecular weight is 589 g/mol. The Hall–Kier alpha value is -4.40. The van der Waals surface area contributed by atoms with Crippen molar-refractivity contribution in [2.45, 2.75) is 84.9 Å². The second-order valence-electron chi connectivity index (χ2n) is 11.9. The van der Waals surface area contributed by atoms with Gasteiger partial charge in [-0.2, -0.15) is 0 Å². The van der Waals surface area contributed by atoms with Crippen molar-refractivity contribution in [3.63, 3.8) is 0 Å². The van der Waals surface area contributed by atoms with Crippen molar-refractivity contribution in [3.8, 4) is 0 Å². The van der Waals surface area contributed by atoms with Gasteiger partial charge in [-0.1, -0.05) is 73.9 Å². The number of benzene rings is 3. The fourth-order valence-electron chi connectivity index (χ4n) is 5.01. The van der Waals surface area contributed by atoms with Crippen LogP contribution >= 0.6 is 0 Å². The van der Waals surface area contributed by atoms with E-state index in [1.807, 2.05) is 81.4 Å². The van der Waals surface area contributed by atoms with Crippen molar-refractivity contribution in [3.05, 3.63) is 77.4 Å². The molecule has 2 unspecified atom stereocenters. The molecule has 43 heavy (non-hydrogen) atoms. The molecular formula is C34H44N4O5. The summed E-state index contributed by atoms with van der Waals surface area (Å²) in [6, 6.07) is 16.8. The number of ether oxygens (including phenoxy) is 1. The normalized spacial score (nSPS) is 12.7. The number of rotatable bonds is 12. The summed E-state index contributed by atoms with van der Waals surface area (Å²) in [6.45, 7) is 11.2. The highest BCUT2D eigenvalue weighted by Gasteiger charge is 2.37. The SMILES string of the molecule is CCCCCN(C(=O)C(CC(N)=O)NC(=O)OC(C)(C)C)C(C(=O)Nc1ccc2ccccc2c1)c1ccc(C)cc1C. The fraction of sp³-hybridized carbons (Fsp3) is 0.412. The van der Waals surface area contributed by atoms with Crippen LogP contribution in [0, 0.1) is 13.8 Å². The minimum Gasteiger partial charge on any atom is -0.444 e. The molecule has 0 radical (unpaired) electrons. The average Bonchev–Trinajstić information content (AvgIpc) is 2.91. The van der Waals surface area contributed by atoms with Crippen molar-refractivity contribution in [1.29, 1.82) is 0 Å². The lowest BCUT2D eigenvalue weighted by Crippen LogP contribution is -2.53. The number of anilines is 1. The van der Waals surface area contributed by atoms with Crippen LogP contribution in [0.15, 0.2) is 60.7 Å². The number of nitrogens with zero attached hydrogens (tertiary/aromatic N) is 1. The summed E-state index contributed by atoms with van der Waals surface area (Å²) in [5, 5.41) is 7.54. The highest BCUT2D eigenvalue weighted by atomic mass is 16.6. The number of alkyl carbamates (subject to hydrolysis) is 1. The molecule has 0 heterocycles. The highest BCUT2D eigenvalue weighted by Crippen LogP contribution is 2.29. The predicted octanol–water partition coefficient (Wildman–Crippen LogP) is 5.92. The quantitative estimate of drug-likeness (QED) is 0.226. The van der Waals surface area contributed by atoms with Crippen LogP contribution in [0.25, 0.3) is 10.8 Å². The van der Waals surface area contributed by atoms with Gasteiger partial charge in [0.25, 0.3) is 5.91 Å². The van der Waals surface area contributed by atoms with Crippen molar-refractivity contribution in [2.24, 2.45) is 5.73 Å². The molecule has 2 atom stereocenters. The first-order valence-corrected chi connectivity index (χ1v) is 14.7. The zero-order valence-electron chi connectivity index (χ0n) is 26.0. The Labute approximate surface area is 254 Å². The van der Waals surface area contributed by atoms with Crippen molar-refractivity contribution < 1.29 is 23.9 Å². The molecule has 0 aliphatic heterocycles. The van der Waals surface area contributed by atoms with Crippen LogP contribution < -0.4 is 16.4 Å². The number of aryl methyl sites for hydroxylation is 2. The molecular weight excluding hydrogens is 544 g/mol. The third-order valence-electron chi connectivity index (χ3n) is 6.98. The molecule has 0 bridgehead atoms. The Balaban J connectivity index is 2.07. The third-order valence-corrected chi connectivity index (χ3v) is 6.98. The number of fused-ring (bicyclic) bond motifs is 1. The summed E-state index contributed by atoms with van der Waals surface area (Å²) in [6.07, 6.45) is 1.01. The second kappa shape index (κ2) is 14.7. The number of nitrogens with two attached hydrogens (primary N) is 1. The molecule has 0 aliphatic carbocycles. The minimum atomic E-state index is -1.32. The maximum Gasteiger partial charge on any atom is 0.408 e. The van der Waals surface area contributed by atoms with E-state index in [4.69, 9.17) is 10.5 Å². The summed E-state index contributed by atoms with van der Waals surface area (Å²) in [5.74, 6) is -1.78. The standard InChI is InChI=1S/C34H44N4O5/c1-7-8-11-18-38(32(41)28(21-29(35)39)37-33(42)43-34(4,5)6)30(27-17-14-22(2)19-23(27)3)31(40)36-26-16-15-24-12-9-10-13-25(24)20-26/h9-10,12-17,19-20,28,30H,7-8,11,18,21H2,1-6H3,(H2,35,39)(H,36,40)(H,37,42). The summed E-state index contributed by atoms with van der Waals surface area (Å²) in [7, 11) is 0. The van der Waals surface area contributed by atoms with E-state index in [1.54, 1.807) is 20.8 Å². The van der Waals surface area contributed by atoms with E-state index in [0.717, 1.165) is 34.7 Å². The lowest BCUT2D eigenvalue weighted by molar-refractivity contribution is -0.142. The van der Waals surface area contributed by atoms with E-state index < -0.39 is 47.9 Å². The Morgan fingerprint density at radius 1 is 0.930 bits per heavy atom. The summed E-state index contributed by atoms with van der Waals surface area (Å²) in [4.78, 5) is 54.7. The number of amides is 4. The number of unbranched alkanes of at least 4 members (excludes halogenated alkanes) is 2. The first-order valence-electron chi connectivity index (χ1n) is 14.7. The van der Waals surface area contributed by atoms with Gasteiger partial charge in [-0.15, -0.1) is 0 Å². The molecule has 3 aromatic carbocycles. The Morgan fingerprint density at radius 2 is 1.63 bits per heavy atom. The fourth-order valence-corrected chi connectivity index (χ4v) is 5.01. The van der Waals surface area contributed by atoms with E-state index in [2.05, 4.69) is 10.6 Å². The number of hydrogen-bond acceptors (Lipinski definition) is 5. The summed E-state index contributed by atoms with van der Waals surface area (Å²) in [5.41, 5.74) is 7.75. The van der Waals surface area contributed by atoms with Gasteiger partial charge < -0.3 is 26.0 Å². The maximum atomic E-state index is 14.3. The molecule has 0 saturated heterocycles. The first kappa shape index (κ1) is 33.1. The largest absolute Gasteiger partial charge is 0.444 e. The van der Waals surface area contributed by atoms with E-state index in [1.165, 1.54) is 4.90 Å². The van der Waals surface area contributed by atoms with Gasteiger partial charge >= 0.3 is 6.09 Å². The summed E-state index contributed by atoms with van der Waals surface area (Å²) < 4.78 is 5.37. The number of hydrogen-bond donors (Lipinski definition) is 3. The lowest BCUT2D eigenvalue weighted by atomic mass is 9.95. The van der Waals surface area contributed by atoms with Crippen LogP contribution in [-0.2, 0) is 19.1 Å². The number of primary amides is 1. The minimum absolute atomic E-state index is 0.223. The third kappa shape index (κ3) is 9.56. The van der Waals surface area contributed by atoms with Gasteiger partial charge in [0.05, 0.1) is 6.42 Å². The molecule has 0 aliphatic rings. The second-order valence-corrected chi connectivity index (χ2v) is 11.9. The zero-order valence-corrected chi connectivity index (χ0v) is 26.0. The van der Waals surface area contributed by atoms with Crippen molar-refractivity contribution in [2.75, 3.05) is 11.9 Å². The van der Waals surface area contributed by atoms with Crippen LogP contribution in [0.1, 0.15) is 76.1 Å². The number of carbonyl (C=O) groups excluding carboxylic acids is 4. The molecule has 3 aromatic rings. The molecule has 9 heteroatoms. The Morgan fingerprint density at radius 3 is 2.26 bits per heavy atom. The molecule has 9 nitrogen and oxygen atoms in total. The van der Waals surface area contributed by atoms with Crippen molar-refractivity contribution >= 4 is 40.3 Å². The van der Waals surface area contributed by atoms with E-state index in [9.17, 15) is 19.2 Å². The first-order chi connectivity index (χ1) is 20.3. The van der Waals surface area contributed by atoms with E-state index in [0.29, 0.717) is 17.7 Å². The molecule has 4 N–H and O–H groups in total. The van der Waals surface area contributed by atoms with Gasteiger partial charge in [0, 0.05) is 12.2 Å². The molecule has 0 spiro atoms. The van der Waals surface area contributed by atoms with Gasteiger partial charge in [-0.05, 0) is 75.1 Å². The Bertz CT molecular complexity index is 1460. The number of carbonyl (C=O) groups is 4. The van der Waals surface area contributed by atoms with Crippen LogP contribution in [0.2, 0.25) is 0 Å². The number of nitrogens with one attached hydrogen (secondary N) is 2. The predicted molar refractivity (Wildman–Crippen MR) is 169 cm³/mol. The van der Waals surface area contributed by atoms with Gasteiger partial charge in [-0.25, -0.2) is 4.79 Å². The van der Waals surface area contributed by atoms with E-state index in [-0.39, 0.29) is 6.54 Å². The molecule has 0 aromatic heterocycles. The van der Waals surface area contributed by atoms with Gasteiger partial charge in [0.1, 0.15) is 17.7 Å². The maximum absolute atomic E-state index is 14.3. The van der Waals surface area contributed by atoms with Crippen LogP contribution in [0.4, 0.5) is 10.5 Å².